The van der Waals surface area contributed by atoms with Gasteiger partial charge in [0.25, 0.3) is 5.56 Å². The van der Waals surface area contributed by atoms with Crippen LogP contribution in [0.3, 0.4) is 0 Å². The van der Waals surface area contributed by atoms with Gasteiger partial charge in [-0.25, -0.2) is 9.97 Å². The molecular formula is C9H4F3N5OS. The molecule has 2 rings (SSSR count). The monoisotopic (exact) mass is 287 g/mol. The molecule has 0 unspecified atom stereocenters. The predicted octanol–water partition coefficient (Wildman–Crippen LogP) is 1.86. The summed E-state index contributed by atoms with van der Waals surface area (Å²) in [6, 6.07) is 2.33. The van der Waals surface area contributed by atoms with Gasteiger partial charge in [0.15, 0.2) is 5.56 Å². The maximum absolute atomic E-state index is 12.4. The average Bonchev–Trinajstić information content (AvgIpc) is 2.69. The van der Waals surface area contributed by atoms with E-state index in [1.54, 1.807) is 6.07 Å². The van der Waals surface area contributed by atoms with E-state index in [2.05, 4.69) is 19.7 Å². The molecule has 2 aromatic heterocycles. The van der Waals surface area contributed by atoms with Gasteiger partial charge in [-0.3, -0.25) is 9.17 Å². The maximum Gasteiger partial charge on any atom is 0.433 e. The van der Waals surface area contributed by atoms with E-state index in [9.17, 15) is 18.0 Å². The Hall–Kier alpha value is -2.41. The smallest absolute Gasteiger partial charge is 0.329 e. The third-order valence-electron chi connectivity index (χ3n) is 2.01. The number of anilines is 2. The van der Waals surface area contributed by atoms with Crippen LogP contribution in [0.4, 0.5) is 24.0 Å². The molecular weight excluding hydrogens is 283 g/mol. The van der Waals surface area contributed by atoms with Crippen LogP contribution in [0.1, 0.15) is 11.3 Å². The van der Waals surface area contributed by atoms with E-state index in [-0.39, 0.29) is 16.4 Å². The van der Waals surface area contributed by atoms with Crippen molar-refractivity contribution in [1.29, 1.82) is 5.26 Å². The Labute approximate surface area is 107 Å². The first-order valence-corrected chi connectivity index (χ1v) is 5.51. The Kier molecular flexibility index (Phi) is 3.22. The second-order valence-electron chi connectivity index (χ2n) is 3.26. The van der Waals surface area contributed by atoms with Gasteiger partial charge in [-0.05, 0) is 11.5 Å². The molecule has 19 heavy (non-hydrogen) atoms. The summed E-state index contributed by atoms with van der Waals surface area (Å²) < 4.78 is 39.6. The van der Waals surface area contributed by atoms with Crippen molar-refractivity contribution < 1.29 is 13.2 Å². The fourth-order valence-electron chi connectivity index (χ4n) is 1.19. The SMILES string of the molecule is N#Cc1c(Nc2cc(C(F)(F)F)ncn2)s[nH]c1=O. The van der Waals surface area contributed by atoms with Crippen molar-refractivity contribution in [2.45, 2.75) is 6.18 Å². The Morgan fingerprint density at radius 1 is 1.42 bits per heavy atom. The van der Waals surface area contributed by atoms with Gasteiger partial charge in [0.05, 0.1) is 0 Å². The van der Waals surface area contributed by atoms with Crippen LogP contribution in [-0.4, -0.2) is 14.3 Å². The Morgan fingerprint density at radius 2 is 2.16 bits per heavy atom. The van der Waals surface area contributed by atoms with Gasteiger partial charge in [-0.1, -0.05) is 0 Å². The van der Waals surface area contributed by atoms with Crippen LogP contribution in [0, 0.1) is 11.3 Å². The maximum atomic E-state index is 12.4. The minimum Gasteiger partial charge on any atom is -0.329 e. The van der Waals surface area contributed by atoms with Crippen LogP contribution in [0.2, 0.25) is 0 Å². The van der Waals surface area contributed by atoms with Crippen molar-refractivity contribution in [1.82, 2.24) is 14.3 Å². The molecule has 2 N–H and O–H groups in total. The second kappa shape index (κ2) is 4.69. The second-order valence-corrected chi connectivity index (χ2v) is 4.08. The molecule has 98 valence electrons. The molecule has 10 heteroatoms. The third-order valence-corrected chi connectivity index (χ3v) is 2.81. The lowest BCUT2D eigenvalue weighted by Crippen LogP contribution is -2.09. The first-order chi connectivity index (χ1) is 8.91. The zero-order valence-electron chi connectivity index (χ0n) is 8.95. The molecule has 0 spiro atoms. The van der Waals surface area contributed by atoms with Crippen molar-refractivity contribution >= 4 is 22.4 Å². The lowest BCUT2D eigenvalue weighted by atomic mass is 10.3. The van der Waals surface area contributed by atoms with E-state index in [0.29, 0.717) is 6.07 Å². The quantitative estimate of drug-likeness (QED) is 0.879. The molecule has 0 amide bonds. The molecule has 0 saturated heterocycles. The van der Waals surface area contributed by atoms with E-state index in [1.165, 1.54) is 0 Å². The number of H-pyrrole nitrogens is 1. The summed E-state index contributed by atoms with van der Waals surface area (Å²) in [5, 5.41) is 11.3. The number of nitrogens with zero attached hydrogens (tertiary/aromatic N) is 3. The van der Waals surface area contributed by atoms with Crippen LogP contribution >= 0.6 is 11.5 Å². The summed E-state index contributed by atoms with van der Waals surface area (Å²) >= 11 is 0.796. The Balaban J connectivity index is 2.35. The molecule has 0 aliphatic carbocycles. The highest BCUT2D eigenvalue weighted by molar-refractivity contribution is 7.10. The van der Waals surface area contributed by atoms with Gasteiger partial charge < -0.3 is 5.32 Å². The number of aromatic nitrogens is 3. The number of rotatable bonds is 2. The summed E-state index contributed by atoms with van der Waals surface area (Å²) in [6.07, 6.45) is -3.85. The molecule has 0 radical (unpaired) electrons. The van der Waals surface area contributed by atoms with Crippen molar-refractivity contribution in [3.8, 4) is 6.07 Å². The van der Waals surface area contributed by atoms with Crippen molar-refractivity contribution in [2.24, 2.45) is 0 Å². The molecule has 0 fully saturated rings. The van der Waals surface area contributed by atoms with E-state index < -0.39 is 17.4 Å². The van der Waals surface area contributed by atoms with E-state index in [0.717, 1.165) is 17.9 Å². The molecule has 0 aliphatic heterocycles. The number of nitriles is 1. The van der Waals surface area contributed by atoms with Crippen LogP contribution in [0.25, 0.3) is 0 Å². The summed E-state index contributed by atoms with van der Waals surface area (Å²) in [5.74, 6) is -0.158. The number of hydrogen-bond acceptors (Lipinski definition) is 6. The van der Waals surface area contributed by atoms with Gasteiger partial charge in [0.1, 0.15) is 28.9 Å². The summed E-state index contributed by atoms with van der Waals surface area (Å²) in [5.41, 5.74) is -1.94. The van der Waals surface area contributed by atoms with E-state index in [4.69, 9.17) is 5.26 Å². The molecule has 2 aromatic rings. The first kappa shape index (κ1) is 13.0. The number of nitrogens with one attached hydrogen (secondary N) is 2. The fourth-order valence-corrected chi connectivity index (χ4v) is 1.88. The van der Waals surface area contributed by atoms with Gasteiger partial charge >= 0.3 is 6.18 Å². The largest absolute Gasteiger partial charge is 0.433 e. The van der Waals surface area contributed by atoms with Crippen LogP contribution < -0.4 is 10.9 Å². The number of halogens is 3. The minimum atomic E-state index is -4.59. The molecule has 0 saturated carbocycles. The van der Waals surface area contributed by atoms with Crippen LogP contribution in [-0.2, 0) is 6.18 Å². The first-order valence-electron chi connectivity index (χ1n) is 4.69. The Morgan fingerprint density at radius 3 is 2.79 bits per heavy atom. The molecule has 6 nitrogen and oxygen atoms in total. The highest BCUT2D eigenvalue weighted by Crippen LogP contribution is 2.29. The fraction of sp³-hybridized carbons (Fsp3) is 0.111. The van der Waals surface area contributed by atoms with Crippen molar-refractivity contribution in [3.05, 3.63) is 34.0 Å². The number of aromatic amines is 1. The zero-order valence-corrected chi connectivity index (χ0v) is 9.76. The van der Waals surface area contributed by atoms with E-state index >= 15 is 0 Å². The van der Waals surface area contributed by atoms with Crippen molar-refractivity contribution in [3.63, 3.8) is 0 Å². The average molecular weight is 287 g/mol. The zero-order chi connectivity index (χ0) is 14.0. The van der Waals surface area contributed by atoms with Crippen LogP contribution in [0.5, 0.6) is 0 Å². The molecule has 0 aliphatic rings. The highest BCUT2D eigenvalue weighted by Gasteiger charge is 2.32. The van der Waals surface area contributed by atoms with Gasteiger partial charge in [-0.2, -0.15) is 18.4 Å². The van der Waals surface area contributed by atoms with E-state index in [1.807, 2.05) is 0 Å². The van der Waals surface area contributed by atoms with Gasteiger partial charge in [0.2, 0.25) is 0 Å². The number of hydrogen-bond donors (Lipinski definition) is 2. The van der Waals surface area contributed by atoms with Gasteiger partial charge in [-0.15, -0.1) is 0 Å². The summed E-state index contributed by atoms with van der Waals surface area (Å²) in [7, 11) is 0. The normalized spacial score (nSPS) is 11.1. The molecule has 0 atom stereocenters. The standard InChI is InChI=1S/C9H4F3N5OS/c10-9(11,12)5-1-6(15-3-14-5)16-8-4(2-13)7(18)17-19-8/h1,3H,(H,17,18)(H,14,15,16). The molecule has 2 heterocycles. The number of alkyl halides is 3. The minimum absolute atomic E-state index is 0.0966. The third kappa shape index (κ3) is 2.71. The van der Waals surface area contributed by atoms with Crippen molar-refractivity contribution in [2.75, 3.05) is 5.32 Å². The summed E-state index contributed by atoms with van der Waals surface area (Å²) in [4.78, 5) is 17.9. The van der Waals surface area contributed by atoms with Crippen LogP contribution in [0.15, 0.2) is 17.2 Å². The lowest BCUT2D eigenvalue weighted by Gasteiger charge is -2.07. The molecule has 0 aromatic carbocycles. The molecule has 0 bridgehead atoms. The summed E-state index contributed by atoms with van der Waals surface area (Å²) in [6.45, 7) is 0. The predicted molar refractivity (Wildman–Crippen MR) is 60.0 cm³/mol. The topological polar surface area (TPSA) is 94.5 Å². The van der Waals surface area contributed by atoms with Gasteiger partial charge in [0, 0.05) is 6.07 Å². The lowest BCUT2D eigenvalue weighted by molar-refractivity contribution is -0.141. The highest BCUT2D eigenvalue weighted by atomic mass is 32.1. The Bertz CT molecular complexity index is 699.